The van der Waals surface area contributed by atoms with Crippen LogP contribution in [-0.2, 0) is 17.8 Å². The molecular formula is C10H13N5O2. The molecule has 2 aromatic heterocycles. The Hall–Kier alpha value is -2.18. The van der Waals surface area contributed by atoms with Gasteiger partial charge in [-0.3, -0.25) is 4.68 Å². The van der Waals surface area contributed by atoms with Crippen LogP contribution in [0, 0.1) is 0 Å². The van der Waals surface area contributed by atoms with Gasteiger partial charge in [-0.25, -0.2) is 9.78 Å². The number of hydrogen-bond acceptors (Lipinski definition) is 5. The summed E-state index contributed by atoms with van der Waals surface area (Å²) in [5.41, 5.74) is 0.232. The van der Waals surface area contributed by atoms with Crippen molar-refractivity contribution in [2.75, 3.05) is 7.11 Å². The molecule has 0 aliphatic heterocycles. The Balaban J connectivity index is 1.83. The molecule has 0 unspecified atom stereocenters. The van der Waals surface area contributed by atoms with Crippen LogP contribution in [0.15, 0.2) is 24.9 Å². The van der Waals surface area contributed by atoms with Crippen LogP contribution in [0.1, 0.15) is 16.9 Å². The lowest BCUT2D eigenvalue weighted by Crippen LogP contribution is -2.03. The monoisotopic (exact) mass is 235 g/mol. The van der Waals surface area contributed by atoms with Crippen molar-refractivity contribution in [2.45, 2.75) is 19.5 Å². The van der Waals surface area contributed by atoms with Crippen molar-refractivity contribution in [3.8, 4) is 0 Å². The number of ether oxygens (including phenoxy) is 1. The van der Waals surface area contributed by atoms with Gasteiger partial charge in [0.2, 0.25) is 0 Å². The molecule has 0 atom stereocenters. The lowest BCUT2D eigenvalue weighted by atomic mass is 10.4. The smallest absolute Gasteiger partial charge is 0.360 e. The molecule has 7 heteroatoms. The molecule has 0 N–H and O–H groups in total. The maximum atomic E-state index is 11.1. The summed E-state index contributed by atoms with van der Waals surface area (Å²) in [5, 5.41) is 7.57. The SMILES string of the molecule is COC(=O)c1cn(CCCn2ccnc2)nn1. The highest BCUT2D eigenvalue weighted by molar-refractivity contribution is 5.86. The highest BCUT2D eigenvalue weighted by atomic mass is 16.5. The predicted molar refractivity (Wildman–Crippen MR) is 58.2 cm³/mol. The molecule has 2 aromatic rings. The van der Waals surface area contributed by atoms with E-state index in [1.165, 1.54) is 7.11 Å². The van der Waals surface area contributed by atoms with Gasteiger partial charge in [0, 0.05) is 25.5 Å². The first-order valence-electron chi connectivity index (χ1n) is 5.24. The standard InChI is InChI=1S/C10H13N5O2/c1-17-10(16)9-7-15(13-12-9)5-2-4-14-6-3-11-8-14/h3,6-8H,2,4-5H2,1H3. The maximum absolute atomic E-state index is 11.1. The van der Waals surface area contributed by atoms with Gasteiger partial charge in [-0.1, -0.05) is 5.21 Å². The lowest BCUT2D eigenvalue weighted by Gasteiger charge is -2.01. The predicted octanol–water partition coefficient (Wildman–Crippen LogP) is 0.351. The topological polar surface area (TPSA) is 74.8 Å². The number of carbonyl (C=O) groups is 1. The second kappa shape index (κ2) is 5.24. The van der Waals surface area contributed by atoms with Gasteiger partial charge in [-0.05, 0) is 6.42 Å². The van der Waals surface area contributed by atoms with Crippen molar-refractivity contribution in [3.63, 3.8) is 0 Å². The number of nitrogens with zero attached hydrogens (tertiary/aromatic N) is 5. The number of aryl methyl sites for hydroxylation is 2. The molecule has 0 bridgehead atoms. The molecule has 2 heterocycles. The van der Waals surface area contributed by atoms with Gasteiger partial charge < -0.3 is 9.30 Å². The number of imidazole rings is 1. The number of methoxy groups -OCH3 is 1. The van der Waals surface area contributed by atoms with E-state index < -0.39 is 5.97 Å². The van der Waals surface area contributed by atoms with Crippen molar-refractivity contribution < 1.29 is 9.53 Å². The molecule has 0 spiro atoms. The number of rotatable bonds is 5. The average Bonchev–Trinajstić information content (AvgIpc) is 2.99. The summed E-state index contributed by atoms with van der Waals surface area (Å²) < 4.78 is 8.16. The zero-order chi connectivity index (χ0) is 12.1. The number of aromatic nitrogens is 5. The van der Waals surface area contributed by atoms with Gasteiger partial charge in [0.05, 0.1) is 19.6 Å². The van der Waals surface area contributed by atoms with Crippen molar-refractivity contribution in [3.05, 3.63) is 30.6 Å². The Morgan fingerprint density at radius 3 is 3.06 bits per heavy atom. The molecule has 0 amide bonds. The fraction of sp³-hybridized carbons (Fsp3) is 0.400. The highest BCUT2D eigenvalue weighted by Crippen LogP contribution is 1.98. The van der Waals surface area contributed by atoms with E-state index in [-0.39, 0.29) is 5.69 Å². The summed E-state index contributed by atoms with van der Waals surface area (Å²) in [6, 6.07) is 0. The Kier molecular flexibility index (Phi) is 3.49. The van der Waals surface area contributed by atoms with Crippen molar-refractivity contribution in [2.24, 2.45) is 0 Å². The first-order chi connectivity index (χ1) is 8.29. The van der Waals surface area contributed by atoms with Crippen LogP contribution >= 0.6 is 0 Å². The lowest BCUT2D eigenvalue weighted by molar-refractivity contribution is 0.0594. The number of esters is 1. The van der Waals surface area contributed by atoms with Crippen LogP contribution in [0.2, 0.25) is 0 Å². The van der Waals surface area contributed by atoms with Crippen LogP contribution in [-0.4, -0.2) is 37.6 Å². The van der Waals surface area contributed by atoms with Crippen LogP contribution in [0.25, 0.3) is 0 Å². The minimum absolute atomic E-state index is 0.232. The third kappa shape index (κ3) is 2.90. The Morgan fingerprint density at radius 1 is 1.47 bits per heavy atom. The maximum Gasteiger partial charge on any atom is 0.360 e. The van der Waals surface area contributed by atoms with Crippen LogP contribution in [0.4, 0.5) is 0 Å². The molecule has 90 valence electrons. The highest BCUT2D eigenvalue weighted by Gasteiger charge is 2.09. The van der Waals surface area contributed by atoms with Crippen molar-refractivity contribution >= 4 is 5.97 Å². The normalized spacial score (nSPS) is 10.4. The van der Waals surface area contributed by atoms with Crippen molar-refractivity contribution in [1.82, 2.24) is 24.5 Å². The van der Waals surface area contributed by atoms with Gasteiger partial charge in [0.1, 0.15) is 0 Å². The summed E-state index contributed by atoms with van der Waals surface area (Å²) >= 11 is 0. The fourth-order valence-corrected chi connectivity index (χ4v) is 1.44. The van der Waals surface area contributed by atoms with Crippen molar-refractivity contribution in [1.29, 1.82) is 0 Å². The Labute approximate surface area is 98.0 Å². The molecule has 0 saturated carbocycles. The summed E-state index contributed by atoms with van der Waals surface area (Å²) in [6.45, 7) is 1.55. The van der Waals surface area contributed by atoms with Crippen LogP contribution < -0.4 is 0 Å². The zero-order valence-electron chi connectivity index (χ0n) is 9.48. The minimum Gasteiger partial charge on any atom is -0.464 e. The molecule has 0 aliphatic rings. The first kappa shape index (κ1) is 11.3. The third-order valence-electron chi connectivity index (χ3n) is 2.30. The zero-order valence-corrected chi connectivity index (χ0v) is 9.48. The van der Waals surface area contributed by atoms with E-state index in [1.807, 2.05) is 10.8 Å². The minimum atomic E-state index is -0.467. The van der Waals surface area contributed by atoms with E-state index in [0.29, 0.717) is 6.54 Å². The summed E-state index contributed by atoms with van der Waals surface area (Å²) in [4.78, 5) is 15.1. The molecule has 0 aromatic carbocycles. The van der Waals surface area contributed by atoms with E-state index in [0.717, 1.165) is 13.0 Å². The molecule has 17 heavy (non-hydrogen) atoms. The van der Waals surface area contributed by atoms with E-state index in [2.05, 4.69) is 20.0 Å². The molecule has 0 saturated heterocycles. The Bertz CT molecular complexity index is 477. The molecule has 0 fully saturated rings. The Morgan fingerprint density at radius 2 is 2.35 bits per heavy atom. The number of hydrogen-bond donors (Lipinski definition) is 0. The van der Waals surface area contributed by atoms with Gasteiger partial charge in [-0.15, -0.1) is 5.10 Å². The van der Waals surface area contributed by atoms with E-state index in [1.54, 1.807) is 23.4 Å². The fourth-order valence-electron chi connectivity index (χ4n) is 1.44. The van der Waals surface area contributed by atoms with Crippen LogP contribution in [0.3, 0.4) is 0 Å². The summed E-state index contributed by atoms with van der Waals surface area (Å²) in [5.74, 6) is -0.467. The molecule has 0 aliphatic carbocycles. The average molecular weight is 235 g/mol. The largest absolute Gasteiger partial charge is 0.464 e. The molecule has 0 radical (unpaired) electrons. The van der Waals surface area contributed by atoms with E-state index in [4.69, 9.17) is 0 Å². The van der Waals surface area contributed by atoms with Gasteiger partial charge in [0.15, 0.2) is 5.69 Å². The number of carbonyl (C=O) groups excluding carboxylic acids is 1. The third-order valence-corrected chi connectivity index (χ3v) is 2.30. The summed E-state index contributed by atoms with van der Waals surface area (Å²) in [6.07, 6.45) is 7.88. The van der Waals surface area contributed by atoms with Gasteiger partial charge >= 0.3 is 5.97 Å². The quantitative estimate of drug-likeness (QED) is 0.699. The van der Waals surface area contributed by atoms with Gasteiger partial charge in [0.25, 0.3) is 0 Å². The summed E-state index contributed by atoms with van der Waals surface area (Å²) in [7, 11) is 1.32. The second-order valence-corrected chi connectivity index (χ2v) is 3.51. The van der Waals surface area contributed by atoms with Gasteiger partial charge in [-0.2, -0.15) is 0 Å². The molecule has 2 rings (SSSR count). The van der Waals surface area contributed by atoms with Crippen LogP contribution in [0.5, 0.6) is 0 Å². The molecule has 7 nitrogen and oxygen atoms in total. The van der Waals surface area contributed by atoms with E-state index >= 15 is 0 Å². The molecular weight excluding hydrogens is 222 g/mol. The first-order valence-corrected chi connectivity index (χ1v) is 5.24. The van der Waals surface area contributed by atoms with E-state index in [9.17, 15) is 4.79 Å². The second-order valence-electron chi connectivity index (χ2n) is 3.51.